The molecule has 154 valence electrons. The predicted octanol–water partition coefficient (Wildman–Crippen LogP) is 4.06. The van der Waals surface area contributed by atoms with Crippen molar-refractivity contribution in [3.8, 4) is 0 Å². The fraction of sp³-hybridized carbons (Fsp3) is 0.286. The van der Waals surface area contributed by atoms with Crippen molar-refractivity contribution in [3.05, 3.63) is 69.9 Å². The Kier molecular flexibility index (Phi) is 7.79. The fourth-order valence-electron chi connectivity index (χ4n) is 3.60. The van der Waals surface area contributed by atoms with E-state index in [0.29, 0.717) is 17.0 Å². The number of aromatic nitrogens is 1. The summed E-state index contributed by atoms with van der Waals surface area (Å²) in [5.74, 6) is 0.355. The van der Waals surface area contributed by atoms with Crippen LogP contribution in [0, 0.1) is 6.92 Å². The van der Waals surface area contributed by atoms with Crippen molar-refractivity contribution in [2.75, 3.05) is 18.4 Å². The minimum absolute atomic E-state index is 0. The van der Waals surface area contributed by atoms with Gasteiger partial charge in [0.05, 0.1) is 11.2 Å². The maximum atomic E-state index is 12.8. The lowest BCUT2D eigenvalue weighted by Gasteiger charge is -2.22. The normalized spacial score (nSPS) is 15.8. The van der Waals surface area contributed by atoms with Crippen LogP contribution in [-0.2, 0) is 0 Å². The van der Waals surface area contributed by atoms with E-state index in [1.807, 2.05) is 30.3 Å². The number of piperidine rings is 1. The van der Waals surface area contributed by atoms with E-state index in [4.69, 9.17) is 4.42 Å². The Hall–Kier alpha value is -2.41. The van der Waals surface area contributed by atoms with Gasteiger partial charge in [-0.15, -0.1) is 24.8 Å². The van der Waals surface area contributed by atoms with Gasteiger partial charge in [-0.1, -0.05) is 6.07 Å². The number of halogens is 2. The number of rotatable bonds is 3. The van der Waals surface area contributed by atoms with Crippen molar-refractivity contribution in [1.82, 2.24) is 10.3 Å². The number of hydrogen-bond donors (Lipinski definition) is 2. The molecule has 1 atom stereocenters. The van der Waals surface area contributed by atoms with Crippen LogP contribution in [0.3, 0.4) is 0 Å². The molecule has 1 aliphatic rings. The Morgan fingerprint density at radius 1 is 1.24 bits per heavy atom. The van der Waals surface area contributed by atoms with Gasteiger partial charge in [0.1, 0.15) is 11.3 Å². The monoisotopic (exact) mass is 435 g/mol. The first-order chi connectivity index (χ1) is 13.1. The van der Waals surface area contributed by atoms with Crippen LogP contribution in [0.25, 0.3) is 10.9 Å². The predicted molar refractivity (Wildman–Crippen MR) is 119 cm³/mol. The maximum absolute atomic E-state index is 12.8. The van der Waals surface area contributed by atoms with Crippen molar-refractivity contribution >= 4 is 47.3 Å². The highest BCUT2D eigenvalue weighted by Gasteiger charge is 2.22. The van der Waals surface area contributed by atoms with Crippen LogP contribution < -0.4 is 16.3 Å². The van der Waals surface area contributed by atoms with Crippen LogP contribution in [0.15, 0.2) is 51.8 Å². The summed E-state index contributed by atoms with van der Waals surface area (Å²) in [4.78, 5) is 29.6. The van der Waals surface area contributed by atoms with Crippen molar-refractivity contribution < 1.29 is 9.21 Å². The Bertz CT molecular complexity index is 1060. The highest BCUT2D eigenvalue weighted by atomic mass is 35.5. The molecule has 2 N–H and O–H groups in total. The zero-order valence-corrected chi connectivity index (χ0v) is 17.6. The molecule has 3 aromatic rings. The molecule has 0 aliphatic carbocycles. The van der Waals surface area contributed by atoms with Gasteiger partial charge in [-0.25, -0.2) is 4.79 Å². The van der Waals surface area contributed by atoms with Gasteiger partial charge < -0.3 is 15.1 Å². The van der Waals surface area contributed by atoms with Crippen molar-refractivity contribution in [2.45, 2.75) is 25.7 Å². The molecule has 6 nitrogen and oxygen atoms in total. The molecular weight excluding hydrogens is 413 g/mol. The third-order valence-corrected chi connectivity index (χ3v) is 4.99. The van der Waals surface area contributed by atoms with E-state index in [0.717, 1.165) is 36.8 Å². The molecule has 1 unspecified atom stereocenters. The molecule has 29 heavy (non-hydrogen) atoms. The highest BCUT2D eigenvalue weighted by Crippen LogP contribution is 2.25. The molecule has 1 amide bonds. The molecule has 1 aromatic carbocycles. The minimum atomic E-state index is -0.591. The third kappa shape index (κ3) is 4.78. The topological polar surface area (TPSA) is 84.2 Å². The van der Waals surface area contributed by atoms with Gasteiger partial charge in [0.15, 0.2) is 0 Å². The summed E-state index contributed by atoms with van der Waals surface area (Å²) in [5, 5.41) is 6.96. The number of aryl methyl sites for hydroxylation is 1. The van der Waals surface area contributed by atoms with Crippen LogP contribution >= 0.6 is 24.8 Å². The van der Waals surface area contributed by atoms with E-state index in [1.165, 1.54) is 0 Å². The second-order valence-corrected chi connectivity index (χ2v) is 6.87. The molecular formula is C21H23Cl2N3O3. The molecule has 0 radical (unpaired) electrons. The number of benzene rings is 1. The van der Waals surface area contributed by atoms with Gasteiger partial charge in [0.2, 0.25) is 0 Å². The number of carbonyl (C=O) groups excluding carboxylic acids is 1. The summed E-state index contributed by atoms with van der Waals surface area (Å²) in [5.41, 5.74) is 1.47. The number of amides is 1. The van der Waals surface area contributed by atoms with E-state index in [2.05, 4.69) is 15.6 Å². The second-order valence-electron chi connectivity index (χ2n) is 6.87. The molecule has 4 rings (SSSR count). The molecule has 2 aromatic heterocycles. The second kappa shape index (κ2) is 9.87. The van der Waals surface area contributed by atoms with E-state index in [1.54, 1.807) is 19.2 Å². The third-order valence-electron chi connectivity index (χ3n) is 4.99. The fourth-order valence-corrected chi connectivity index (χ4v) is 3.60. The Morgan fingerprint density at radius 2 is 2.07 bits per heavy atom. The summed E-state index contributed by atoms with van der Waals surface area (Å²) in [6, 6.07) is 11.0. The van der Waals surface area contributed by atoms with Gasteiger partial charge in [0, 0.05) is 24.0 Å². The van der Waals surface area contributed by atoms with E-state index < -0.39 is 11.5 Å². The molecule has 0 spiro atoms. The molecule has 8 heteroatoms. The summed E-state index contributed by atoms with van der Waals surface area (Å²) >= 11 is 0. The van der Waals surface area contributed by atoms with E-state index in [9.17, 15) is 9.59 Å². The Balaban J connectivity index is 0.00000150. The largest absolute Gasteiger partial charge is 0.427 e. The lowest BCUT2D eigenvalue weighted by Crippen LogP contribution is -2.30. The van der Waals surface area contributed by atoms with Crippen LogP contribution in [0.5, 0.6) is 0 Å². The number of carbonyl (C=O) groups is 1. The molecule has 1 fully saturated rings. The number of hydrogen-bond acceptors (Lipinski definition) is 5. The Morgan fingerprint density at radius 3 is 2.79 bits per heavy atom. The minimum Gasteiger partial charge on any atom is -0.427 e. The van der Waals surface area contributed by atoms with Gasteiger partial charge in [0.25, 0.3) is 5.91 Å². The number of nitrogens with zero attached hydrogens (tertiary/aromatic N) is 1. The maximum Gasteiger partial charge on any atom is 0.349 e. The molecule has 3 heterocycles. The smallest absolute Gasteiger partial charge is 0.349 e. The van der Waals surface area contributed by atoms with E-state index >= 15 is 0 Å². The van der Waals surface area contributed by atoms with Crippen LogP contribution in [-0.4, -0.2) is 24.0 Å². The molecule has 0 saturated carbocycles. The van der Waals surface area contributed by atoms with E-state index in [-0.39, 0.29) is 36.3 Å². The average Bonchev–Trinajstić information content (AvgIpc) is 2.68. The van der Waals surface area contributed by atoms with Gasteiger partial charge in [-0.2, -0.15) is 0 Å². The summed E-state index contributed by atoms with van der Waals surface area (Å²) in [6.07, 6.45) is 3.72. The zero-order valence-electron chi connectivity index (χ0n) is 15.9. The SMILES string of the molecule is Cc1cc(C2CCCNC2)oc(=O)c1C(=O)Nc1cccc2ncccc12.Cl.Cl. The quantitative estimate of drug-likeness (QED) is 0.647. The number of pyridine rings is 1. The zero-order chi connectivity index (χ0) is 18.8. The summed E-state index contributed by atoms with van der Waals surface area (Å²) in [7, 11) is 0. The Labute approximate surface area is 180 Å². The van der Waals surface area contributed by atoms with Gasteiger partial charge >= 0.3 is 5.63 Å². The summed E-state index contributed by atoms with van der Waals surface area (Å²) < 4.78 is 5.51. The molecule has 0 bridgehead atoms. The highest BCUT2D eigenvalue weighted by molar-refractivity contribution is 6.09. The lowest BCUT2D eigenvalue weighted by molar-refractivity contribution is 0.102. The summed E-state index contributed by atoms with van der Waals surface area (Å²) in [6.45, 7) is 3.55. The van der Waals surface area contributed by atoms with Crippen LogP contribution in [0.2, 0.25) is 0 Å². The van der Waals surface area contributed by atoms with Crippen molar-refractivity contribution in [1.29, 1.82) is 0 Å². The number of nitrogens with one attached hydrogen (secondary N) is 2. The van der Waals surface area contributed by atoms with Gasteiger partial charge in [-0.05, 0) is 62.2 Å². The van der Waals surface area contributed by atoms with Crippen molar-refractivity contribution in [3.63, 3.8) is 0 Å². The number of anilines is 1. The van der Waals surface area contributed by atoms with Crippen LogP contribution in [0.4, 0.5) is 5.69 Å². The standard InChI is InChI=1S/C21H21N3O3.2ClH/c1-13-11-18(14-5-3-9-22-12-14)27-21(26)19(13)20(25)24-17-8-2-7-16-15(17)6-4-10-23-16;;/h2,4,6-8,10-11,14,22H,3,5,9,12H2,1H3,(H,24,25);2*1H. The van der Waals surface area contributed by atoms with Crippen molar-refractivity contribution in [2.24, 2.45) is 0 Å². The first kappa shape index (κ1) is 22.9. The van der Waals surface area contributed by atoms with Crippen LogP contribution in [0.1, 0.15) is 40.4 Å². The average molecular weight is 436 g/mol. The van der Waals surface area contributed by atoms with Gasteiger partial charge in [-0.3, -0.25) is 9.78 Å². The molecule has 1 saturated heterocycles. The first-order valence-electron chi connectivity index (χ1n) is 9.14. The first-order valence-corrected chi connectivity index (χ1v) is 9.14. The number of fused-ring (bicyclic) bond motifs is 1. The molecule has 1 aliphatic heterocycles. The lowest BCUT2D eigenvalue weighted by atomic mass is 9.95.